The Morgan fingerprint density at radius 1 is 1.53 bits per heavy atom. The van der Waals surface area contributed by atoms with Crippen LogP contribution in [-0.2, 0) is 6.54 Å². The van der Waals surface area contributed by atoms with Crippen molar-refractivity contribution in [2.24, 2.45) is 11.8 Å². The maximum absolute atomic E-state index is 11.5. The molecule has 0 aliphatic heterocycles. The van der Waals surface area contributed by atoms with E-state index in [2.05, 4.69) is 38.0 Å². The second kappa shape index (κ2) is 7.62. The maximum atomic E-state index is 11.5. The first kappa shape index (κ1) is 16.1. The number of carbonyl (C=O) groups is 1. The average molecular weight is 283 g/mol. The Labute approximate surface area is 120 Å². The van der Waals surface area contributed by atoms with Gasteiger partial charge in [0.15, 0.2) is 0 Å². The van der Waals surface area contributed by atoms with Gasteiger partial charge in [-0.3, -0.25) is 15.1 Å². The van der Waals surface area contributed by atoms with Crippen molar-refractivity contribution in [3.63, 3.8) is 0 Å². The smallest absolute Gasteiger partial charge is 0.275 e. The van der Waals surface area contributed by atoms with Crippen LogP contribution in [0.5, 0.6) is 0 Å². The van der Waals surface area contributed by atoms with Gasteiger partial charge >= 0.3 is 0 Å². The van der Waals surface area contributed by atoms with Gasteiger partial charge in [-0.2, -0.15) is 0 Å². The molecule has 108 valence electrons. The van der Waals surface area contributed by atoms with Crippen molar-refractivity contribution < 1.29 is 4.79 Å². The first-order valence-corrected chi connectivity index (χ1v) is 7.66. The molecule has 19 heavy (non-hydrogen) atoms. The predicted octanol–water partition coefficient (Wildman–Crippen LogP) is 2.53. The largest absolute Gasteiger partial charge is 0.299 e. The number of rotatable bonds is 7. The van der Waals surface area contributed by atoms with E-state index in [1.807, 2.05) is 6.07 Å². The second-order valence-electron chi connectivity index (χ2n) is 5.01. The van der Waals surface area contributed by atoms with Gasteiger partial charge < -0.3 is 0 Å². The van der Waals surface area contributed by atoms with Gasteiger partial charge in [-0.25, -0.2) is 5.84 Å². The number of carbonyl (C=O) groups excluding carboxylic acids is 1. The van der Waals surface area contributed by atoms with E-state index in [-0.39, 0.29) is 5.91 Å². The van der Waals surface area contributed by atoms with Crippen LogP contribution in [0, 0.1) is 12.8 Å². The average Bonchev–Trinajstić information content (AvgIpc) is 2.78. The summed E-state index contributed by atoms with van der Waals surface area (Å²) in [7, 11) is 0. The van der Waals surface area contributed by atoms with Crippen LogP contribution >= 0.6 is 11.3 Å². The Hall–Kier alpha value is -0.910. The lowest BCUT2D eigenvalue weighted by Gasteiger charge is -2.23. The van der Waals surface area contributed by atoms with Gasteiger partial charge in [0.05, 0.1) is 4.88 Å². The standard InChI is InChI=1S/C14H25N3OS/c1-5-10(3)8-17(6-2)9-12-7-13(14(18)16-15)19-11(12)4/h7,10H,5-6,8-9,15H2,1-4H3,(H,16,18). The lowest BCUT2D eigenvalue weighted by Crippen LogP contribution is -2.29. The molecule has 5 heteroatoms. The minimum atomic E-state index is -0.204. The molecule has 0 bridgehead atoms. The summed E-state index contributed by atoms with van der Waals surface area (Å²) in [4.78, 5) is 15.8. The Balaban J connectivity index is 2.74. The topological polar surface area (TPSA) is 58.4 Å². The number of aryl methyl sites for hydroxylation is 1. The van der Waals surface area contributed by atoms with Crippen LogP contribution in [0.25, 0.3) is 0 Å². The van der Waals surface area contributed by atoms with E-state index in [4.69, 9.17) is 5.84 Å². The van der Waals surface area contributed by atoms with Gasteiger partial charge in [0.1, 0.15) is 0 Å². The monoisotopic (exact) mass is 283 g/mol. The van der Waals surface area contributed by atoms with Crippen molar-refractivity contribution in [2.75, 3.05) is 13.1 Å². The van der Waals surface area contributed by atoms with Gasteiger partial charge in [0, 0.05) is 18.0 Å². The molecule has 0 radical (unpaired) electrons. The fraction of sp³-hybridized carbons (Fsp3) is 0.643. The SMILES string of the molecule is CCC(C)CN(CC)Cc1cc(C(=O)NN)sc1C. The highest BCUT2D eigenvalue weighted by Crippen LogP contribution is 2.23. The molecule has 1 unspecified atom stereocenters. The summed E-state index contributed by atoms with van der Waals surface area (Å²) in [6.07, 6.45) is 1.19. The Morgan fingerprint density at radius 2 is 2.21 bits per heavy atom. The number of thiophene rings is 1. The molecule has 1 atom stereocenters. The molecule has 1 rings (SSSR count). The molecular formula is C14H25N3OS. The molecule has 1 aromatic heterocycles. The lowest BCUT2D eigenvalue weighted by atomic mass is 10.1. The molecule has 0 aromatic carbocycles. The van der Waals surface area contributed by atoms with Crippen LogP contribution in [0.4, 0.5) is 0 Å². The van der Waals surface area contributed by atoms with E-state index in [1.165, 1.54) is 28.2 Å². The van der Waals surface area contributed by atoms with E-state index < -0.39 is 0 Å². The van der Waals surface area contributed by atoms with Crippen LogP contribution in [0.15, 0.2) is 6.07 Å². The van der Waals surface area contributed by atoms with Crippen molar-refractivity contribution in [3.8, 4) is 0 Å². The van der Waals surface area contributed by atoms with Crippen LogP contribution in [-0.4, -0.2) is 23.9 Å². The molecule has 1 aromatic rings. The van der Waals surface area contributed by atoms with Crippen molar-refractivity contribution >= 4 is 17.2 Å². The zero-order valence-corrected chi connectivity index (χ0v) is 13.1. The summed E-state index contributed by atoms with van der Waals surface area (Å²) < 4.78 is 0. The molecule has 4 nitrogen and oxygen atoms in total. The number of nitrogen functional groups attached to an aromatic ring is 1. The van der Waals surface area contributed by atoms with E-state index in [1.54, 1.807) is 0 Å². The van der Waals surface area contributed by atoms with Crippen molar-refractivity contribution in [1.29, 1.82) is 0 Å². The summed E-state index contributed by atoms with van der Waals surface area (Å²) >= 11 is 1.51. The number of hydrazine groups is 1. The number of hydrogen-bond donors (Lipinski definition) is 2. The molecule has 0 spiro atoms. The predicted molar refractivity (Wildman–Crippen MR) is 81.1 cm³/mol. The normalized spacial score (nSPS) is 12.7. The highest BCUT2D eigenvalue weighted by molar-refractivity contribution is 7.14. The molecule has 3 N–H and O–H groups in total. The molecule has 0 saturated carbocycles. The van der Waals surface area contributed by atoms with Gasteiger partial charge in [-0.15, -0.1) is 11.3 Å². The second-order valence-corrected chi connectivity index (χ2v) is 6.26. The molecule has 0 saturated heterocycles. The van der Waals surface area contributed by atoms with Gasteiger partial charge in [0.2, 0.25) is 0 Å². The number of nitrogens with two attached hydrogens (primary N) is 1. The van der Waals surface area contributed by atoms with Gasteiger partial charge in [-0.1, -0.05) is 27.2 Å². The van der Waals surface area contributed by atoms with Gasteiger partial charge in [0.25, 0.3) is 5.91 Å². The quantitative estimate of drug-likeness (QED) is 0.459. The summed E-state index contributed by atoms with van der Waals surface area (Å²) in [5.41, 5.74) is 3.42. The number of amides is 1. The first-order chi connectivity index (χ1) is 9.01. The zero-order chi connectivity index (χ0) is 14.4. The van der Waals surface area contributed by atoms with E-state index >= 15 is 0 Å². The lowest BCUT2D eigenvalue weighted by molar-refractivity contribution is 0.0957. The minimum Gasteiger partial charge on any atom is -0.299 e. The fourth-order valence-corrected chi connectivity index (χ4v) is 2.91. The van der Waals surface area contributed by atoms with Gasteiger partial charge in [-0.05, 0) is 31.0 Å². The number of hydrogen-bond acceptors (Lipinski definition) is 4. The highest BCUT2D eigenvalue weighted by Gasteiger charge is 2.14. The van der Waals surface area contributed by atoms with Crippen molar-refractivity contribution in [2.45, 2.75) is 40.7 Å². The number of nitrogens with one attached hydrogen (secondary N) is 1. The summed E-state index contributed by atoms with van der Waals surface area (Å²) in [5.74, 6) is 5.67. The Morgan fingerprint density at radius 3 is 2.74 bits per heavy atom. The first-order valence-electron chi connectivity index (χ1n) is 6.84. The Bertz CT molecular complexity index is 417. The highest BCUT2D eigenvalue weighted by atomic mass is 32.1. The molecule has 0 fully saturated rings. The summed E-state index contributed by atoms with van der Waals surface area (Å²) in [6.45, 7) is 11.8. The van der Waals surface area contributed by atoms with Crippen molar-refractivity contribution in [1.82, 2.24) is 10.3 Å². The number of nitrogens with zero attached hydrogens (tertiary/aromatic N) is 1. The Kier molecular flexibility index (Phi) is 6.48. The van der Waals surface area contributed by atoms with Crippen LogP contribution < -0.4 is 11.3 Å². The van der Waals surface area contributed by atoms with Crippen LogP contribution in [0.1, 0.15) is 47.3 Å². The van der Waals surface area contributed by atoms with E-state index in [0.717, 1.165) is 19.6 Å². The maximum Gasteiger partial charge on any atom is 0.275 e. The summed E-state index contributed by atoms with van der Waals surface area (Å²) in [6, 6.07) is 1.96. The summed E-state index contributed by atoms with van der Waals surface area (Å²) in [5, 5.41) is 0. The van der Waals surface area contributed by atoms with Crippen LogP contribution in [0.3, 0.4) is 0 Å². The molecular weight excluding hydrogens is 258 g/mol. The zero-order valence-electron chi connectivity index (χ0n) is 12.3. The molecule has 1 heterocycles. The molecule has 0 aliphatic rings. The molecule has 0 aliphatic carbocycles. The van der Waals surface area contributed by atoms with Crippen molar-refractivity contribution in [3.05, 3.63) is 21.4 Å². The minimum absolute atomic E-state index is 0.204. The molecule has 1 amide bonds. The third-order valence-electron chi connectivity index (χ3n) is 3.48. The third-order valence-corrected chi connectivity index (χ3v) is 4.57. The van der Waals surface area contributed by atoms with E-state index in [9.17, 15) is 4.79 Å². The fourth-order valence-electron chi connectivity index (χ4n) is 1.98. The van der Waals surface area contributed by atoms with Crippen LogP contribution in [0.2, 0.25) is 0 Å². The third kappa shape index (κ3) is 4.60. The van der Waals surface area contributed by atoms with E-state index in [0.29, 0.717) is 10.8 Å².